The Morgan fingerprint density at radius 1 is 0.712 bits per heavy atom. The molecule has 7 rings (SSSR count). The number of hydrogen-bond donors (Lipinski definition) is 4. The van der Waals surface area contributed by atoms with Gasteiger partial charge >= 0.3 is 0 Å². The van der Waals surface area contributed by atoms with Gasteiger partial charge in [0.05, 0.1) is 51.2 Å². The molecule has 0 aliphatic carbocycles. The average molecular weight is 864 g/mol. The van der Waals surface area contributed by atoms with Crippen molar-refractivity contribution in [2.75, 3.05) is 58.2 Å². The second-order valence-electron chi connectivity index (χ2n) is 13.9. The SMILES string of the molecule is COCCc1nc2c(N)nc3ccccc3c2n1CCCCNS(=O)(=O)c1cccc(Cl)c1.COCCc1nc2c(N)nc3ccccc3c2n1CCCCNS(C)=O. The van der Waals surface area contributed by atoms with E-state index >= 15 is 0 Å². The maximum absolute atomic E-state index is 12.5. The van der Waals surface area contributed by atoms with E-state index in [0.717, 1.165) is 88.8 Å². The number of anilines is 2. The predicted molar refractivity (Wildman–Crippen MR) is 237 cm³/mol. The number of unbranched alkanes of at least 4 members (excludes halogenated alkanes) is 2. The Bertz CT molecular complexity index is 2670. The minimum absolute atomic E-state index is 0.159. The van der Waals surface area contributed by atoms with E-state index in [2.05, 4.69) is 34.6 Å². The first-order valence-corrected chi connectivity index (χ1v) is 22.8. The number of rotatable bonds is 19. The van der Waals surface area contributed by atoms with Crippen molar-refractivity contribution in [2.24, 2.45) is 0 Å². The molecule has 7 aromatic rings. The quantitative estimate of drug-likeness (QED) is 0.0717. The van der Waals surface area contributed by atoms with Gasteiger partial charge in [-0.1, -0.05) is 54.1 Å². The molecule has 0 saturated heterocycles. The van der Waals surface area contributed by atoms with E-state index in [1.807, 2.05) is 42.5 Å². The number of nitrogen functional groups attached to an aromatic ring is 2. The number of imidazole rings is 2. The second-order valence-corrected chi connectivity index (χ2v) is 17.3. The summed E-state index contributed by atoms with van der Waals surface area (Å²) in [7, 11) is -1.22. The first-order chi connectivity index (χ1) is 28.5. The summed E-state index contributed by atoms with van der Waals surface area (Å²) in [6.45, 7) is 3.68. The maximum atomic E-state index is 12.5. The molecule has 18 heteroatoms. The zero-order chi connectivity index (χ0) is 41.9. The van der Waals surface area contributed by atoms with Crippen LogP contribution in [-0.4, -0.2) is 88.5 Å². The molecule has 1 unspecified atom stereocenters. The van der Waals surface area contributed by atoms with Crippen molar-refractivity contribution < 1.29 is 22.1 Å². The van der Waals surface area contributed by atoms with Gasteiger partial charge < -0.3 is 30.1 Å². The lowest BCUT2D eigenvalue weighted by Crippen LogP contribution is -2.25. The summed E-state index contributed by atoms with van der Waals surface area (Å²) in [6, 6.07) is 22.1. The van der Waals surface area contributed by atoms with E-state index in [9.17, 15) is 12.6 Å². The molecule has 0 bridgehead atoms. The molecular weight excluding hydrogens is 812 g/mol. The Balaban J connectivity index is 0.000000204. The highest BCUT2D eigenvalue weighted by Crippen LogP contribution is 2.31. The third kappa shape index (κ3) is 10.7. The van der Waals surface area contributed by atoms with Crippen molar-refractivity contribution in [2.45, 2.75) is 56.5 Å². The van der Waals surface area contributed by atoms with Gasteiger partial charge in [-0.25, -0.2) is 42.0 Å². The molecule has 0 radical (unpaired) electrons. The lowest BCUT2D eigenvalue weighted by Gasteiger charge is -2.11. The van der Waals surface area contributed by atoms with Crippen molar-refractivity contribution in [3.05, 3.63) is 89.5 Å². The molecule has 6 N–H and O–H groups in total. The Labute approximate surface area is 351 Å². The summed E-state index contributed by atoms with van der Waals surface area (Å²) in [5, 5.41) is 2.43. The third-order valence-electron chi connectivity index (χ3n) is 9.76. The maximum Gasteiger partial charge on any atom is 0.240 e. The van der Waals surface area contributed by atoms with Crippen LogP contribution in [0.3, 0.4) is 0 Å². The normalized spacial score (nSPS) is 12.4. The fourth-order valence-electron chi connectivity index (χ4n) is 6.99. The molecule has 0 fully saturated rings. The molecule has 0 aliphatic heterocycles. The number of methoxy groups -OCH3 is 2. The van der Waals surface area contributed by atoms with Crippen LogP contribution < -0.4 is 20.9 Å². The number of nitrogens with one attached hydrogen (secondary N) is 2. The first-order valence-electron chi connectivity index (χ1n) is 19.4. The summed E-state index contributed by atoms with van der Waals surface area (Å²) in [6.07, 6.45) is 6.29. The van der Waals surface area contributed by atoms with Crippen LogP contribution in [0.1, 0.15) is 37.3 Å². The van der Waals surface area contributed by atoms with E-state index in [4.69, 9.17) is 42.5 Å². The molecule has 314 valence electrons. The topological polar surface area (TPSA) is 207 Å². The molecular formula is C41H51ClN10O5S2. The van der Waals surface area contributed by atoms with Crippen LogP contribution >= 0.6 is 11.6 Å². The number of hydrogen-bond acceptors (Lipinski definition) is 11. The summed E-state index contributed by atoms with van der Waals surface area (Å²) in [5.74, 6) is 2.68. The van der Waals surface area contributed by atoms with Crippen LogP contribution in [0.5, 0.6) is 0 Å². The number of para-hydroxylation sites is 2. The largest absolute Gasteiger partial charge is 0.384 e. The van der Waals surface area contributed by atoms with Crippen molar-refractivity contribution in [3.8, 4) is 0 Å². The number of pyridine rings is 2. The van der Waals surface area contributed by atoms with Crippen LogP contribution in [0, 0.1) is 0 Å². The smallest absolute Gasteiger partial charge is 0.240 e. The zero-order valence-corrected chi connectivity index (χ0v) is 35.9. The van der Waals surface area contributed by atoms with E-state index < -0.39 is 21.0 Å². The fraction of sp³-hybridized carbons (Fsp3) is 0.366. The Morgan fingerprint density at radius 3 is 1.71 bits per heavy atom. The number of sulfonamides is 1. The number of benzene rings is 3. The van der Waals surface area contributed by atoms with Gasteiger partial charge in [-0.2, -0.15) is 0 Å². The van der Waals surface area contributed by atoms with Crippen molar-refractivity contribution in [3.63, 3.8) is 0 Å². The van der Waals surface area contributed by atoms with Crippen molar-refractivity contribution in [1.82, 2.24) is 38.5 Å². The first kappa shape index (κ1) is 43.8. The van der Waals surface area contributed by atoms with Gasteiger partial charge in [0, 0.05) is 75.3 Å². The van der Waals surface area contributed by atoms with Crippen LogP contribution in [0.4, 0.5) is 11.6 Å². The zero-order valence-electron chi connectivity index (χ0n) is 33.5. The fourth-order valence-corrected chi connectivity index (χ4v) is 8.80. The highest BCUT2D eigenvalue weighted by atomic mass is 35.5. The molecule has 15 nitrogen and oxygen atoms in total. The molecule has 0 spiro atoms. The Morgan fingerprint density at radius 2 is 1.22 bits per heavy atom. The number of fused-ring (bicyclic) bond motifs is 6. The summed E-state index contributed by atoms with van der Waals surface area (Å²) < 4.78 is 56.6. The second kappa shape index (κ2) is 20.5. The van der Waals surface area contributed by atoms with Gasteiger partial charge in [0.15, 0.2) is 11.6 Å². The number of halogens is 1. The molecule has 0 aliphatic rings. The number of aromatic nitrogens is 6. The van der Waals surface area contributed by atoms with Gasteiger partial charge in [-0.05, 0) is 56.0 Å². The van der Waals surface area contributed by atoms with E-state index in [-0.39, 0.29) is 4.90 Å². The molecule has 4 heterocycles. The van der Waals surface area contributed by atoms with Crippen LogP contribution in [-0.2, 0) is 56.4 Å². The Kier molecular flexibility index (Phi) is 15.2. The van der Waals surface area contributed by atoms with Crippen molar-refractivity contribution in [1.29, 1.82) is 0 Å². The van der Waals surface area contributed by atoms with Gasteiger partial charge in [0.1, 0.15) is 22.7 Å². The van der Waals surface area contributed by atoms with Crippen LogP contribution in [0.2, 0.25) is 5.02 Å². The number of aryl methyl sites for hydroxylation is 2. The standard InChI is InChI=1S/C23H26ClN5O3S.C18H25N5O2S/c1-32-14-11-20-28-21-22(18-9-2-3-10-19(18)27-23(21)25)29(20)13-5-4-12-26-33(30,31)17-8-6-7-16(24)15-17;1-25-12-9-15-22-16-17(23(15)11-6-5-10-20-26(2)24)13-7-3-4-8-14(13)21-18(16)19/h2-3,6-10,15,26H,4-5,11-14H2,1H3,(H2,25,27);3-4,7-8,20H,5-6,9-12H2,1-2H3,(H2,19,21). The van der Waals surface area contributed by atoms with Gasteiger partial charge in [0.2, 0.25) is 10.0 Å². The number of nitrogens with zero attached hydrogens (tertiary/aromatic N) is 6. The predicted octanol–water partition coefficient (Wildman–Crippen LogP) is 5.79. The monoisotopic (exact) mass is 862 g/mol. The molecule has 3 aromatic carbocycles. The van der Waals surface area contributed by atoms with E-state index in [1.165, 1.54) is 12.1 Å². The van der Waals surface area contributed by atoms with Gasteiger partial charge in [-0.3, -0.25) is 0 Å². The van der Waals surface area contributed by atoms with Crippen LogP contribution in [0.15, 0.2) is 77.7 Å². The molecule has 59 heavy (non-hydrogen) atoms. The molecule has 4 aromatic heterocycles. The highest BCUT2D eigenvalue weighted by Gasteiger charge is 2.19. The lowest BCUT2D eigenvalue weighted by molar-refractivity contribution is 0.199. The third-order valence-corrected chi connectivity index (χ3v) is 12.1. The molecule has 0 amide bonds. The highest BCUT2D eigenvalue weighted by molar-refractivity contribution is 7.89. The Hall–Kier alpha value is -4.75. The molecule has 0 saturated carbocycles. The van der Waals surface area contributed by atoms with Crippen molar-refractivity contribution >= 4 is 88.1 Å². The van der Waals surface area contributed by atoms with E-state index in [0.29, 0.717) is 61.3 Å². The minimum atomic E-state index is -3.60. The number of ether oxygens (including phenoxy) is 2. The summed E-state index contributed by atoms with van der Waals surface area (Å²) in [5.41, 5.74) is 17.5. The summed E-state index contributed by atoms with van der Waals surface area (Å²) >= 11 is 5.92. The van der Waals surface area contributed by atoms with Gasteiger partial charge in [-0.15, -0.1) is 0 Å². The average Bonchev–Trinajstić information content (AvgIpc) is 3.78. The lowest BCUT2D eigenvalue weighted by atomic mass is 10.2. The summed E-state index contributed by atoms with van der Waals surface area (Å²) in [4.78, 5) is 18.7. The minimum Gasteiger partial charge on any atom is -0.384 e. The number of nitrogens with two attached hydrogens (primary N) is 2. The molecule has 1 atom stereocenters. The van der Waals surface area contributed by atoms with Crippen LogP contribution in [0.25, 0.3) is 43.9 Å². The van der Waals surface area contributed by atoms with Gasteiger partial charge in [0.25, 0.3) is 0 Å². The van der Waals surface area contributed by atoms with E-state index in [1.54, 1.807) is 32.6 Å².